The number of hydrogen-bond donors (Lipinski definition) is 0. The van der Waals surface area contributed by atoms with Crippen molar-refractivity contribution in [1.82, 2.24) is 19.8 Å². The van der Waals surface area contributed by atoms with Gasteiger partial charge in [0.15, 0.2) is 0 Å². The molecular weight excluding hydrogens is 524 g/mol. The van der Waals surface area contributed by atoms with Gasteiger partial charge in [-0.1, -0.05) is 24.3 Å². The number of halogens is 6. The van der Waals surface area contributed by atoms with Crippen LogP contribution in [0.25, 0.3) is 11.3 Å². The number of rotatable bonds is 5. The molecule has 1 amide bonds. The van der Waals surface area contributed by atoms with Gasteiger partial charge < -0.3 is 14.7 Å². The maximum absolute atomic E-state index is 13.5. The molecule has 3 aromatic rings. The van der Waals surface area contributed by atoms with Crippen LogP contribution in [0.2, 0.25) is 0 Å². The number of anilines is 1. The van der Waals surface area contributed by atoms with Crippen molar-refractivity contribution in [2.45, 2.75) is 25.8 Å². The minimum atomic E-state index is -4.98. The highest BCUT2D eigenvalue weighted by atomic mass is 19.4. The molecule has 208 valence electrons. The predicted octanol–water partition coefficient (Wildman–Crippen LogP) is 5.51. The summed E-state index contributed by atoms with van der Waals surface area (Å²) < 4.78 is 79.9. The number of carbonyl (C=O) groups is 1. The number of piperazine rings is 1. The minimum Gasteiger partial charge on any atom is -0.338 e. The van der Waals surface area contributed by atoms with Gasteiger partial charge in [0, 0.05) is 51.5 Å². The molecule has 0 saturated carbocycles. The van der Waals surface area contributed by atoms with E-state index in [2.05, 4.69) is 9.88 Å². The fourth-order valence-electron chi connectivity index (χ4n) is 4.39. The monoisotopic (exact) mass is 551 g/mol. The van der Waals surface area contributed by atoms with Crippen LogP contribution < -0.4 is 4.90 Å². The molecule has 0 radical (unpaired) electrons. The average molecular weight is 552 g/mol. The molecule has 0 spiro atoms. The third-order valence-electron chi connectivity index (χ3n) is 6.61. The van der Waals surface area contributed by atoms with Gasteiger partial charge in [-0.2, -0.15) is 26.3 Å². The topological polar surface area (TPSA) is 52.6 Å². The second-order valence-electron chi connectivity index (χ2n) is 9.61. The SMILES string of the molecule is Cc1ccccc1-c1nc(N2CCN(C)CC2)ncc1C(=O)N(C)Cc1cc(C(F)(F)F)cc(C(F)(F)F)c1. The summed E-state index contributed by atoms with van der Waals surface area (Å²) in [4.78, 5) is 27.9. The van der Waals surface area contributed by atoms with E-state index >= 15 is 0 Å². The van der Waals surface area contributed by atoms with Crippen molar-refractivity contribution in [3.05, 3.63) is 76.5 Å². The smallest absolute Gasteiger partial charge is 0.338 e. The van der Waals surface area contributed by atoms with E-state index < -0.39 is 35.9 Å². The van der Waals surface area contributed by atoms with Gasteiger partial charge in [-0.05, 0) is 43.3 Å². The Morgan fingerprint density at radius 1 is 0.949 bits per heavy atom. The molecule has 0 aliphatic carbocycles. The van der Waals surface area contributed by atoms with Crippen molar-refractivity contribution in [2.24, 2.45) is 0 Å². The molecule has 6 nitrogen and oxygen atoms in total. The van der Waals surface area contributed by atoms with Crippen LogP contribution in [0.5, 0.6) is 0 Å². The molecule has 2 heterocycles. The normalized spacial score (nSPS) is 14.9. The van der Waals surface area contributed by atoms with Crippen LogP contribution in [0, 0.1) is 6.92 Å². The lowest BCUT2D eigenvalue weighted by Crippen LogP contribution is -2.45. The van der Waals surface area contributed by atoms with Gasteiger partial charge in [0.25, 0.3) is 5.91 Å². The van der Waals surface area contributed by atoms with Crippen molar-refractivity contribution in [3.63, 3.8) is 0 Å². The summed E-state index contributed by atoms with van der Waals surface area (Å²) >= 11 is 0. The molecule has 2 aromatic carbocycles. The second-order valence-corrected chi connectivity index (χ2v) is 9.61. The van der Waals surface area contributed by atoms with Crippen LogP contribution in [-0.4, -0.2) is 65.9 Å². The van der Waals surface area contributed by atoms with E-state index in [-0.39, 0.29) is 17.2 Å². The third kappa shape index (κ3) is 6.49. The van der Waals surface area contributed by atoms with E-state index in [1.165, 1.54) is 13.2 Å². The predicted molar refractivity (Wildman–Crippen MR) is 134 cm³/mol. The molecule has 1 aromatic heterocycles. The Hall–Kier alpha value is -3.67. The molecule has 1 saturated heterocycles. The fourth-order valence-corrected chi connectivity index (χ4v) is 4.39. The van der Waals surface area contributed by atoms with Gasteiger partial charge in [0.1, 0.15) is 0 Å². The zero-order valence-electron chi connectivity index (χ0n) is 21.6. The summed E-state index contributed by atoms with van der Waals surface area (Å²) in [6, 6.07) is 8.58. The first-order valence-corrected chi connectivity index (χ1v) is 12.1. The van der Waals surface area contributed by atoms with E-state index in [0.717, 1.165) is 23.6 Å². The lowest BCUT2D eigenvalue weighted by Gasteiger charge is -2.32. The summed E-state index contributed by atoms with van der Waals surface area (Å²) in [5.74, 6) is -0.197. The first-order chi connectivity index (χ1) is 18.2. The highest BCUT2D eigenvalue weighted by molar-refractivity contribution is 6.00. The van der Waals surface area contributed by atoms with Crippen molar-refractivity contribution in [3.8, 4) is 11.3 Å². The molecule has 0 N–H and O–H groups in total. The zero-order chi connectivity index (χ0) is 28.5. The van der Waals surface area contributed by atoms with E-state index in [1.807, 2.05) is 31.0 Å². The zero-order valence-corrected chi connectivity index (χ0v) is 21.6. The number of amides is 1. The highest BCUT2D eigenvalue weighted by Crippen LogP contribution is 2.37. The molecule has 1 aliphatic rings. The number of hydrogen-bond acceptors (Lipinski definition) is 5. The molecular formula is C27H27F6N5O. The fraction of sp³-hybridized carbons (Fsp3) is 0.370. The first kappa shape index (κ1) is 28.3. The van der Waals surface area contributed by atoms with Crippen molar-refractivity contribution in [2.75, 3.05) is 45.2 Å². The van der Waals surface area contributed by atoms with Gasteiger partial charge in [0.2, 0.25) is 5.95 Å². The maximum atomic E-state index is 13.5. The van der Waals surface area contributed by atoms with Crippen LogP contribution in [0.1, 0.15) is 32.6 Å². The van der Waals surface area contributed by atoms with Gasteiger partial charge in [-0.25, -0.2) is 9.97 Å². The summed E-state index contributed by atoms with van der Waals surface area (Å²) in [7, 11) is 3.32. The van der Waals surface area contributed by atoms with Crippen molar-refractivity contribution >= 4 is 11.9 Å². The molecule has 1 fully saturated rings. The van der Waals surface area contributed by atoms with Gasteiger partial charge >= 0.3 is 12.4 Å². The summed E-state index contributed by atoms with van der Waals surface area (Å²) in [6.45, 7) is 4.36. The quantitative estimate of drug-likeness (QED) is 0.392. The molecule has 4 rings (SSSR count). The summed E-state index contributed by atoms with van der Waals surface area (Å²) in [6.07, 6.45) is -8.60. The molecule has 0 unspecified atom stereocenters. The number of benzene rings is 2. The van der Waals surface area contributed by atoms with Gasteiger partial charge in [-0.3, -0.25) is 4.79 Å². The molecule has 12 heteroatoms. The van der Waals surface area contributed by atoms with Crippen LogP contribution in [0.15, 0.2) is 48.7 Å². The van der Waals surface area contributed by atoms with Gasteiger partial charge in [0.05, 0.1) is 22.4 Å². The Labute approximate surface area is 221 Å². The Morgan fingerprint density at radius 3 is 2.10 bits per heavy atom. The largest absolute Gasteiger partial charge is 0.416 e. The first-order valence-electron chi connectivity index (χ1n) is 12.1. The highest BCUT2D eigenvalue weighted by Gasteiger charge is 2.37. The van der Waals surface area contributed by atoms with E-state index in [0.29, 0.717) is 42.4 Å². The Morgan fingerprint density at radius 2 is 1.54 bits per heavy atom. The number of carbonyl (C=O) groups excluding carboxylic acids is 1. The molecule has 39 heavy (non-hydrogen) atoms. The average Bonchev–Trinajstić information content (AvgIpc) is 2.87. The Kier molecular flexibility index (Phi) is 7.87. The molecule has 0 bridgehead atoms. The standard InChI is InChI=1S/C27H27F6N5O/c1-17-6-4-5-7-21(17)23-22(15-34-25(35-23)38-10-8-36(2)9-11-38)24(39)37(3)16-18-12-19(26(28,29)30)14-20(13-18)27(31,32)33/h4-7,12-15H,8-11,16H2,1-3H3. The molecule has 0 atom stereocenters. The number of nitrogens with zero attached hydrogens (tertiary/aromatic N) is 5. The number of likely N-dealkylation sites (N-methyl/N-ethyl adjacent to an activating group) is 1. The second kappa shape index (κ2) is 10.8. The van der Waals surface area contributed by atoms with E-state index in [1.54, 1.807) is 12.1 Å². The molecule has 1 aliphatic heterocycles. The lowest BCUT2D eigenvalue weighted by atomic mass is 10.0. The van der Waals surface area contributed by atoms with Crippen molar-refractivity contribution in [1.29, 1.82) is 0 Å². The number of aromatic nitrogens is 2. The number of alkyl halides is 6. The summed E-state index contributed by atoms with van der Waals surface area (Å²) in [5.41, 5.74) is -1.24. The van der Waals surface area contributed by atoms with Crippen LogP contribution in [-0.2, 0) is 18.9 Å². The van der Waals surface area contributed by atoms with E-state index in [9.17, 15) is 31.1 Å². The Bertz CT molecular complexity index is 1320. The lowest BCUT2D eigenvalue weighted by molar-refractivity contribution is -0.143. The van der Waals surface area contributed by atoms with Gasteiger partial charge in [-0.15, -0.1) is 0 Å². The van der Waals surface area contributed by atoms with Crippen LogP contribution in [0.4, 0.5) is 32.3 Å². The van der Waals surface area contributed by atoms with Crippen LogP contribution >= 0.6 is 0 Å². The van der Waals surface area contributed by atoms with Crippen LogP contribution in [0.3, 0.4) is 0 Å². The summed E-state index contributed by atoms with van der Waals surface area (Å²) in [5, 5.41) is 0. The third-order valence-corrected chi connectivity index (χ3v) is 6.61. The van der Waals surface area contributed by atoms with E-state index in [4.69, 9.17) is 4.98 Å². The maximum Gasteiger partial charge on any atom is 0.416 e. The Balaban J connectivity index is 1.70. The number of aryl methyl sites for hydroxylation is 1. The van der Waals surface area contributed by atoms with Crippen molar-refractivity contribution < 1.29 is 31.1 Å². The minimum absolute atomic E-state index is 0.0620.